The molecule has 0 radical (unpaired) electrons. The maximum atomic E-state index is 4.44. The molecule has 6 heteroatoms. The number of H-pyrrole nitrogens is 1. The number of rotatable bonds is 4. The first-order valence-corrected chi connectivity index (χ1v) is 8.06. The zero-order valence-corrected chi connectivity index (χ0v) is 13.0. The van der Waals surface area contributed by atoms with Crippen molar-refractivity contribution in [2.45, 2.75) is 6.42 Å². The SMILES string of the molecule is c1ccc(N2CCN(CCc3ccc4n[nH]nc4c3)CC2)nc1. The molecule has 0 atom stereocenters. The highest BCUT2D eigenvalue weighted by molar-refractivity contribution is 5.74. The van der Waals surface area contributed by atoms with Crippen molar-refractivity contribution in [1.29, 1.82) is 0 Å². The highest BCUT2D eigenvalue weighted by atomic mass is 15.3. The second-order valence-electron chi connectivity index (χ2n) is 5.91. The molecule has 0 amide bonds. The van der Waals surface area contributed by atoms with Crippen molar-refractivity contribution in [3.8, 4) is 0 Å². The van der Waals surface area contributed by atoms with Crippen LogP contribution in [0.15, 0.2) is 42.6 Å². The lowest BCUT2D eigenvalue weighted by molar-refractivity contribution is 0.260. The van der Waals surface area contributed by atoms with Crippen LogP contribution in [-0.4, -0.2) is 58.0 Å². The summed E-state index contributed by atoms with van der Waals surface area (Å²) in [4.78, 5) is 9.32. The second kappa shape index (κ2) is 6.34. The standard InChI is InChI=1S/C17H20N6/c1-2-7-18-17(3-1)23-11-9-22(10-12-23)8-6-14-4-5-15-16(13-14)20-21-19-15/h1-5,7,13H,6,8-12H2,(H,19,20,21). The van der Waals surface area contributed by atoms with Gasteiger partial charge < -0.3 is 4.90 Å². The number of aromatic amines is 1. The van der Waals surface area contributed by atoms with Crippen LogP contribution in [-0.2, 0) is 6.42 Å². The van der Waals surface area contributed by atoms with Gasteiger partial charge in [-0.3, -0.25) is 4.90 Å². The molecule has 1 aromatic carbocycles. The maximum absolute atomic E-state index is 4.44. The third-order valence-corrected chi connectivity index (χ3v) is 4.44. The summed E-state index contributed by atoms with van der Waals surface area (Å²) in [6, 6.07) is 12.4. The summed E-state index contributed by atoms with van der Waals surface area (Å²) in [6.07, 6.45) is 2.91. The lowest BCUT2D eigenvalue weighted by Crippen LogP contribution is -2.47. The van der Waals surface area contributed by atoms with Crippen molar-refractivity contribution in [3.63, 3.8) is 0 Å². The first-order chi connectivity index (χ1) is 11.4. The summed E-state index contributed by atoms with van der Waals surface area (Å²) in [6.45, 7) is 5.34. The van der Waals surface area contributed by atoms with Crippen molar-refractivity contribution >= 4 is 16.9 Å². The van der Waals surface area contributed by atoms with Crippen LogP contribution in [0, 0.1) is 0 Å². The van der Waals surface area contributed by atoms with Gasteiger partial charge in [-0.05, 0) is 36.2 Å². The van der Waals surface area contributed by atoms with Gasteiger partial charge in [-0.25, -0.2) is 4.98 Å². The first-order valence-electron chi connectivity index (χ1n) is 8.06. The van der Waals surface area contributed by atoms with Crippen LogP contribution in [0.3, 0.4) is 0 Å². The minimum Gasteiger partial charge on any atom is -0.354 e. The molecule has 3 aromatic rings. The Kier molecular flexibility index (Phi) is 3.90. The fraction of sp³-hybridized carbons (Fsp3) is 0.353. The van der Waals surface area contributed by atoms with Crippen LogP contribution in [0.2, 0.25) is 0 Å². The summed E-state index contributed by atoms with van der Waals surface area (Å²) in [5.41, 5.74) is 3.19. The Morgan fingerprint density at radius 3 is 2.65 bits per heavy atom. The van der Waals surface area contributed by atoms with Gasteiger partial charge in [-0.2, -0.15) is 15.4 Å². The number of hydrogen-bond donors (Lipinski definition) is 1. The molecule has 0 saturated carbocycles. The van der Waals surface area contributed by atoms with E-state index in [1.807, 2.05) is 18.3 Å². The van der Waals surface area contributed by atoms with Gasteiger partial charge in [0.15, 0.2) is 0 Å². The van der Waals surface area contributed by atoms with Crippen molar-refractivity contribution in [2.75, 3.05) is 37.6 Å². The topological polar surface area (TPSA) is 60.9 Å². The third-order valence-electron chi connectivity index (χ3n) is 4.44. The molecule has 2 aromatic heterocycles. The summed E-state index contributed by atoms with van der Waals surface area (Å²) >= 11 is 0. The molecule has 6 nitrogen and oxygen atoms in total. The number of nitrogens with one attached hydrogen (secondary N) is 1. The van der Waals surface area contributed by atoms with E-state index in [-0.39, 0.29) is 0 Å². The number of pyridine rings is 1. The van der Waals surface area contributed by atoms with E-state index in [0.29, 0.717) is 0 Å². The molecular formula is C17H20N6. The van der Waals surface area contributed by atoms with Crippen molar-refractivity contribution in [3.05, 3.63) is 48.2 Å². The number of benzene rings is 1. The zero-order chi connectivity index (χ0) is 15.5. The Labute approximate surface area is 135 Å². The molecule has 0 unspecified atom stereocenters. The van der Waals surface area contributed by atoms with Crippen molar-refractivity contribution in [2.24, 2.45) is 0 Å². The summed E-state index contributed by atoms with van der Waals surface area (Å²) < 4.78 is 0. The molecule has 1 fully saturated rings. The number of fused-ring (bicyclic) bond motifs is 1. The third kappa shape index (κ3) is 3.17. The van der Waals surface area contributed by atoms with Gasteiger partial charge in [-0.1, -0.05) is 12.1 Å². The smallest absolute Gasteiger partial charge is 0.128 e. The van der Waals surface area contributed by atoms with Gasteiger partial charge in [-0.15, -0.1) is 0 Å². The first kappa shape index (κ1) is 14.1. The average Bonchev–Trinajstić information content (AvgIpc) is 3.09. The van der Waals surface area contributed by atoms with Crippen LogP contribution in [0.5, 0.6) is 0 Å². The highest BCUT2D eigenvalue weighted by Crippen LogP contribution is 2.14. The number of hydrogen-bond acceptors (Lipinski definition) is 5. The molecule has 23 heavy (non-hydrogen) atoms. The Bertz CT molecular complexity index is 761. The minimum atomic E-state index is 0.928. The summed E-state index contributed by atoms with van der Waals surface area (Å²) in [5, 5.41) is 10.9. The fourth-order valence-corrected chi connectivity index (χ4v) is 3.07. The average molecular weight is 308 g/mol. The zero-order valence-electron chi connectivity index (χ0n) is 13.0. The van der Waals surface area contributed by atoms with Gasteiger partial charge >= 0.3 is 0 Å². The molecule has 0 bridgehead atoms. The van der Waals surface area contributed by atoms with Crippen LogP contribution in [0.4, 0.5) is 5.82 Å². The van der Waals surface area contributed by atoms with E-state index in [1.54, 1.807) is 0 Å². The molecule has 0 spiro atoms. The van der Waals surface area contributed by atoms with Gasteiger partial charge in [0.2, 0.25) is 0 Å². The largest absolute Gasteiger partial charge is 0.354 e. The van der Waals surface area contributed by atoms with Crippen LogP contribution in [0.1, 0.15) is 5.56 Å². The summed E-state index contributed by atoms with van der Waals surface area (Å²) in [5.74, 6) is 1.09. The minimum absolute atomic E-state index is 0.928. The van der Waals surface area contributed by atoms with E-state index in [1.165, 1.54) is 5.56 Å². The summed E-state index contributed by atoms with van der Waals surface area (Å²) in [7, 11) is 0. The monoisotopic (exact) mass is 308 g/mol. The van der Waals surface area contributed by atoms with Crippen LogP contribution < -0.4 is 4.90 Å². The number of piperazine rings is 1. The Hall–Kier alpha value is -2.47. The van der Waals surface area contributed by atoms with Crippen molar-refractivity contribution < 1.29 is 0 Å². The van der Waals surface area contributed by atoms with Crippen LogP contribution in [0.25, 0.3) is 11.0 Å². The van der Waals surface area contributed by atoms with E-state index >= 15 is 0 Å². The molecule has 1 aliphatic heterocycles. The Morgan fingerprint density at radius 2 is 1.83 bits per heavy atom. The normalized spacial score (nSPS) is 16.1. The van der Waals surface area contributed by atoms with Gasteiger partial charge in [0.1, 0.15) is 16.9 Å². The van der Waals surface area contributed by atoms with Gasteiger partial charge in [0.25, 0.3) is 0 Å². The van der Waals surface area contributed by atoms with Crippen molar-refractivity contribution in [1.82, 2.24) is 25.3 Å². The fourth-order valence-electron chi connectivity index (χ4n) is 3.07. The van der Waals surface area contributed by atoms with Gasteiger partial charge in [0.05, 0.1) is 0 Å². The highest BCUT2D eigenvalue weighted by Gasteiger charge is 2.17. The molecule has 3 heterocycles. The van der Waals surface area contributed by atoms with Gasteiger partial charge in [0, 0.05) is 38.9 Å². The lowest BCUT2D eigenvalue weighted by atomic mass is 10.1. The van der Waals surface area contributed by atoms with E-state index in [2.05, 4.69) is 54.5 Å². The number of aromatic nitrogens is 4. The Morgan fingerprint density at radius 1 is 0.957 bits per heavy atom. The molecule has 118 valence electrons. The molecule has 4 rings (SSSR count). The quantitative estimate of drug-likeness (QED) is 0.795. The predicted octanol–water partition coefficient (Wildman–Crippen LogP) is 1.72. The molecule has 1 N–H and O–H groups in total. The maximum Gasteiger partial charge on any atom is 0.128 e. The molecule has 1 saturated heterocycles. The predicted molar refractivity (Wildman–Crippen MR) is 90.5 cm³/mol. The van der Waals surface area contributed by atoms with E-state index < -0.39 is 0 Å². The second-order valence-corrected chi connectivity index (χ2v) is 5.91. The molecular weight excluding hydrogens is 288 g/mol. The number of anilines is 1. The van der Waals surface area contributed by atoms with E-state index in [9.17, 15) is 0 Å². The van der Waals surface area contributed by atoms with Crippen LogP contribution >= 0.6 is 0 Å². The number of nitrogens with zero attached hydrogens (tertiary/aromatic N) is 5. The molecule has 1 aliphatic rings. The Balaban J connectivity index is 1.31. The van der Waals surface area contributed by atoms with E-state index in [4.69, 9.17) is 0 Å². The lowest BCUT2D eigenvalue weighted by Gasteiger charge is -2.35. The van der Waals surface area contributed by atoms with E-state index in [0.717, 1.165) is 56.0 Å². The molecule has 0 aliphatic carbocycles.